The Morgan fingerprint density at radius 1 is 1.45 bits per heavy atom. The van der Waals surface area contributed by atoms with Crippen molar-refractivity contribution >= 4 is 12.0 Å². The fourth-order valence-electron chi connectivity index (χ4n) is 1.46. The van der Waals surface area contributed by atoms with Crippen LogP contribution in [0.3, 0.4) is 0 Å². The third-order valence-electron chi connectivity index (χ3n) is 2.46. The Hall–Kier alpha value is -2.65. The predicted octanol–water partition coefficient (Wildman–Crippen LogP) is 2.25. The topological polar surface area (TPSA) is 94.9 Å². The number of carbonyl (C=O) groups is 1. The van der Waals surface area contributed by atoms with Crippen LogP contribution in [-0.4, -0.2) is 29.4 Å². The summed E-state index contributed by atoms with van der Waals surface area (Å²) in [6.07, 6.45) is 1.83. The molecule has 0 unspecified atom stereocenters. The van der Waals surface area contributed by atoms with Crippen LogP contribution in [0.15, 0.2) is 47.9 Å². The van der Waals surface area contributed by atoms with Gasteiger partial charge in [-0.05, 0) is 5.56 Å². The van der Waals surface area contributed by atoms with Crippen LogP contribution in [-0.2, 0) is 9.53 Å². The molecule has 0 aliphatic carbocycles. The Labute approximate surface area is 116 Å². The number of esters is 1. The average Bonchev–Trinajstić information content (AvgIpc) is 2.46. The minimum atomic E-state index is -1.03. The van der Waals surface area contributed by atoms with Gasteiger partial charge in [-0.15, -0.1) is 0 Å². The summed E-state index contributed by atoms with van der Waals surface area (Å²) in [4.78, 5) is 13.8. The van der Waals surface area contributed by atoms with E-state index in [0.717, 1.165) is 12.7 Å². The number of aliphatic hydroxyl groups is 2. The molecule has 0 aliphatic rings. The zero-order valence-electron chi connectivity index (χ0n) is 10.9. The van der Waals surface area contributed by atoms with E-state index in [2.05, 4.69) is 9.71 Å². The maximum absolute atomic E-state index is 11.2. The molecule has 1 atom stereocenters. The first-order chi connectivity index (χ1) is 9.58. The third-order valence-corrected chi connectivity index (χ3v) is 2.46. The monoisotopic (exact) mass is 275 g/mol. The van der Waals surface area contributed by atoms with Gasteiger partial charge in [-0.2, -0.15) is 0 Å². The van der Waals surface area contributed by atoms with Gasteiger partial charge in [0.25, 0.3) is 0 Å². The normalized spacial score (nSPS) is 13.4. The van der Waals surface area contributed by atoms with Crippen molar-refractivity contribution in [3.05, 3.63) is 58.4 Å². The van der Waals surface area contributed by atoms with E-state index in [9.17, 15) is 15.0 Å². The van der Waals surface area contributed by atoms with Crippen LogP contribution in [0.25, 0.3) is 11.1 Å². The lowest BCUT2D eigenvalue weighted by Crippen LogP contribution is -2.10. The van der Waals surface area contributed by atoms with E-state index in [1.54, 1.807) is 6.08 Å². The minimum Gasteiger partial charge on any atom is -0.505 e. The highest BCUT2D eigenvalue weighted by Crippen LogP contribution is 2.13. The van der Waals surface area contributed by atoms with E-state index in [1.165, 1.54) is 6.08 Å². The number of hydrogen-bond donors (Lipinski definition) is 2. The van der Waals surface area contributed by atoms with Crippen molar-refractivity contribution < 1.29 is 19.7 Å². The van der Waals surface area contributed by atoms with Crippen molar-refractivity contribution in [3.63, 3.8) is 0 Å². The zero-order valence-corrected chi connectivity index (χ0v) is 10.9. The van der Waals surface area contributed by atoms with E-state index in [-0.39, 0.29) is 6.42 Å². The van der Waals surface area contributed by atoms with Gasteiger partial charge in [-0.3, -0.25) is 0 Å². The predicted molar refractivity (Wildman–Crippen MR) is 72.9 cm³/mol. The molecule has 0 radical (unpaired) electrons. The summed E-state index contributed by atoms with van der Waals surface area (Å²) < 4.78 is 4.33. The molecule has 0 bridgehead atoms. The Morgan fingerprint density at radius 2 is 2.10 bits per heavy atom. The number of carbonyl (C=O) groups excluding carboxylic acids is 1. The van der Waals surface area contributed by atoms with Gasteiger partial charge in [-0.1, -0.05) is 42.5 Å². The Kier molecular flexibility index (Phi) is 5.94. The van der Waals surface area contributed by atoms with Crippen LogP contribution < -0.4 is 0 Å². The lowest BCUT2D eigenvalue weighted by Gasteiger charge is -2.02. The number of nitrogens with zero attached hydrogens (tertiary/aromatic N) is 2. The largest absolute Gasteiger partial charge is 0.505 e. The van der Waals surface area contributed by atoms with Gasteiger partial charge in [0, 0.05) is 6.42 Å². The first kappa shape index (κ1) is 15.4. The van der Waals surface area contributed by atoms with Crippen molar-refractivity contribution in [1.29, 1.82) is 5.39 Å². The Balaban J connectivity index is 2.73. The van der Waals surface area contributed by atoms with Gasteiger partial charge in [0.1, 0.15) is 0 Å². The quantitative estimate of drug-likeness (QED) is 0.372. The number of benzene rings is 1. The van der Waals surface area contributed by atoms with Gasteiger partial charge >= 0.3 is 11.7 Å². The molecule has 6 nitrogen and oxygen atoms in total. The molecule has 0 heterocycles. The molecule has 104 valence electrons. The summed E-state index contributed by atoms with van der Waals surface area (Å²) in [7, 11) is 1.09. The van der Waals surface area contributed by atoms with Gasteiger partial charge in [0.15, 0.2) is 10.7 Å². The SMILES string of the molecule is COC(=O)/C([N+]#N)=C(\O)C[C@H](O)/C=C/c1ccccc1. The second kappa shape index (κ2) is 7.71. The molecule has 0 fully saturated rings. The highest BCUT2D eigenvalue weighted by Gasteiger charge is 2.30. The van der Waals surface area contributed by atoms with Crippen molar-refractivity contribution in [2.45, 2.75) is 12.5 Å². The molecular formula is C14H15N2O4+. The van der Waals surface area contributed by atoms with Crippen molar-refractivity contribution in [2.75, 3.05) is 7.11 Å². The molecule has 20 heavy (non-hydrogen) atoms. The number of diazo groups is 1. The van der Waals surface area contributed by atoms with Gasteiger partial charge < -0.3 is 14.9 Å². The zero-order chi connectivity index (χ0) is 15.0. The Morgan fingerprint density at radius 3 is 2.65 bits per heavy atom. The molecular weight excluding hydrogens is 260 g/mol. The molecule has 0 saturated carbocycles. The summed E-state index contributed by atoms with van der Waals surface area (Å²) >= 11 is 0. The number of aliphatic hydroxyl groups excluding tert-OH is 2. The first-order valence-corrected chi connectivity index (χ1v) is 5.85. The molecule has 1 rings (SSSR count). The van der Waals surface area contributed by atoms with Crippen molar-refractivity contribution in [1.82, 2.24) is 0 Å². The van der Waals surface area contributed by atoms with Crippen LogP contribution in [0.5, 0.6) is 0 Å². The fourth-order valence-corrected chi connectivity index (χ4v) is 1.46. The standard InChI is InChI=1S/C14H14N2O4/c1-20-14(19)13(16-15)12(18)9-11(17)8-7-10-5-3-2-4-6-10/h2-8,11,17H,9H2,1H3/p+1/b8-7+/t11-/m1/s1. The molecule has 6 heteroatoms. The molecule has 2 N–H and O–H groups in total. The smallest absolute Gasteiger partial charge is 0.505 e. The van der Waals surface area contributed by atoms with E-state index in [4.69, 9.17) is 5.39 Å². The lowest BCUT2D eigenvalue weighted by atomic mass is 10.1. The maximum atomic E-state index is 11.2. The molecule has 0 spiro atoms. The number of methoxy groups -OCH3 is 1. The lowest BCUT2D eigenvalue weighted by molar-refractivity contribution is -0.136. The number of rotatable bonds is 5. The average molecular weight is 275 g/mol. The summed E-state index contributed by atoms with van der Waals surface area (Å²) in [5.41, 5.74) is 0.259. The Bertz CT molecular complexity index is 558. The highest BCUT2D eigenvalue weighted by molar-refractivity contribution is 5.90. The number of hydrogen-bond acceptors (Lipinski definition) is 5. The van der Waals surface area contributed by atoms with Gasteiger partial charge in [0.05, 0.1) is 13.2 Å². The first-order valence-electron chi connectivity index (χ1n) is 5.85. The second-order valence-electron chi connectivity index (χ2n) is 3.93. The summed E-state index contributed by atoms with van der Waals surface area (Å²) in [5, 5.41) is 28.0. The van der Waals surface area contributed by atoms with Gasteiger partial charge in [-0.25, -0.2) is 4.79 Å². The summed E-state index contributed by atoms with van der Waals surface area (Å²) in [5.74, 6) is -1.53. The molecule has 1 aromatic rings. The van der Waals surface area contributed by atoms with E-state index in [0.29, 0.717) is 0 Å². The van der Waals surface area contributed by atoms with Crippen molar-refractivity contribution in [3.8, 4) is 0 Å². The summed E-state index contributed by atoms with van der Waals surface area (Å²) in [6, 6.07) is 9.27. The van der Waals surface area contributed by atoms with Crippen LogP contribution in [0, 0.1) is 5.39 Å². The highest BCUT2D eigenvalue weighted by atomic mass is 16.5. The van der Waals surface area contributed by atoms with Crippen LogP contribution in [0.4, 0.5) is 0 Å². The summed E-state index contributed by atoms with van der Waals surface area (Å²) in [6.45, 7) is 0. The van der Waals surface area contributed by atoms with Crippen LogP contribution in [0.1, 0.15) is 12.0 Å². The van der Waals surface area contributed by atoms with E-state index in [1.807, 2.05) is 30.3 Å². The molecule has 0 aromatic heterocycles. The van der Waals surface area contributed by atoms with E-state index >= 15 is 0 Å². The second-order valence-corrected chi connectivity index (χ2v) is 3.93. The minimum absolute atomic E-state index is 0.266. The number of ether oxygens (including phenoxy) is 1. The van der Waals surface area contributed by atoms with Gasteiger partial charge in [0.2, 0.25) is 5.39 Å². The molecule has 0 saturated heterocycles. The van der Waals surface area contributed by atoms with Crippen molar-refractivity contribution in [2.24, 2.45) is 0 Å². The molecule has 0 aliphatic heterocycles. The van der Waals surface area contributed by atoms with E-state index < -0.39 is 23.5 Å². The third kappa shape index (κ3) is 4.55. The molecule has 0 amide bonds. The molecule has 1 aromatic carbocycles. The maximum Gasteiger partial charge on any atom is 0.505 e. The van der Waals surface area contributed by atoms with Crippen LogP contribution in [0.2, 0.25) is 0 Å². The fraction of sp³-hybridized carbons (Fsp3) is 0.214. The van der Waals surface area contributed by atoms with Crippen LogP contribution >= 0.6 is 0 Å².